The highest BCUT2D eigenvalue weighted by Gasteiger charge is 2.09. The Labute approximate surface area is 137 Å². The molecule has 3 aromatic rings. The molecule has 0 aliphatic carbocycles. The summed E-state index contributed by atoms with van der Waals surface area (Å²) in [7, 11) is 0. The van der Waals surface area contributed by atoms with Crippen LogP contribution in [0, 0.1) is 0 Å². The SMILES string of the molecule is Nc1ccccc1NCc1ccc(Br)c2cccc(C=O)c12. The second kappa shape index (κ2) is 6.20. The molecule has 0 aliphatic heterocycles. The van der Waals surface area contributed by atoms with Crippen LogP contribution in [0.4, 0.5) is 11.4 Å². The van der Waals surface area contributed by atoms with Gasteiger partial charge in [-0.15, -0.1) is 0 Å². The van der Waals surface area contributed by atoms with Crippen molar-refractivity contribution in [3.05, 3.63) is 70.2 Å². The van der Waals surface area contributed by atoms with Crippen molar-refractivity contribution in [2.24, 2.45) is 0 Å². The van der Waals surface area contributed by atoms with Gasteiger partial charge in [-0.2, -0.15) is 0 Å². The Kier molecular flexibility index (Phi) is 4.11. The molecule has 4 heteroatoms. The average Bonchev–Trinajstić information content (AvgIpc) is 2.55. The molecule has 0 saturated carbocycles. The van der Waals surface area contributed by atoms with Crippen LogP contribution in [0.15, 0.2) is 59.1 Å². The summed E-state index contributed by atoms with van der Waals surface area (Å²) < 4.78 is 0.981. The molecule has 3 N–H and O–H groups in total. The summed E-state index contributed by atoms with van der Waals surface area (Å²) in [6.07, 6.45) is 0.898. The Bertz CT molecular complexity index is 846. The lowest BCUT2D eigenvalue weighted by atomic mass is 9.99. The number of rotatable bonds is 4. The lowest BCUT2D eigenvalue weighted by Crippen LogP contribution is -2.03. The molecule has 0 radical (unpaired) electrons. The molecule has 0 amide bonds. The van der Waals surface area contributed by atoms with Gasteiger partial charge in [0.25, 0.3) is 0 Å². The van der Waals surface area contributed by atoms with E-state index in [1.54, 1.807) is 0 Å². The van der Waals surface area contributed by atoms with Gasteiger partial charge in [-0.05, 0) is 34.5 Å². The van der Waals surface area contributed by atoms with E-state index in [2.05, 4.69) is 21.2 Å². The molecular formula is C18H15BrN2O. The van der Waals surface area contributed by atoms with E-state index >= 15 is 0 Å². The Morgan fingerprint density at radius 2 is 1.86 bits per heavy atom. The summed E-state index contributed by atoms with van der Waals surface area (Å²) in [6, 6.07) is 17.4. The first-order valence-electron chi connectivity index (χ1n) is 6.94. The fourth-order valence-corrected chi connectivity index (χ4v) is 3.03. The van der Waals surface area contributed by atoms with Crippen molar-refractivity contribution in [3.63, 3.8) is 0 Å². The summed E-state index contributed by atoms with van der Waals surface area (Å²) in [5.41, 5.74) is 9.30. The maximum Gasteiger partial charge on any atom is 0.150 e. The van der Waals surface area contributed by atoms with Crippen LogP contribution < -0.4 is 11.1 Å². The monoisotopic (exact) mass is 354 g/mol. The molecule has 0 heterocycles. The van der Waals surface area contributed by atoms with Crippen molar-refractivity contribution in [1.29, 1.82) is 0 Å². The van der Waals surface area contributed by atoms with E-state index in [-0.39, 0.29) is 0 Å². The van der Waals surface area contributed by atoms with Crippen molar-refractivity contribution in [3.8, 4) is 0 Å². The third-order valence-electron chi connectivity index (χ3n) is 3.66. The summed E-state index contributed by atoms with van der Waals surface area (Å²) in [5, 5.41) is 5.33. The molecule has 0 aliphatic rings. The fraction of sp³-hybridized carbons (Fsp3) is 0.0556. The molecule has 0 atom stereocenters. The maximum absolute atomic E-state index is 11.4. The standard InChI is InChI=1S/C18H15BrN2O/c19-15-9-8-12(10-21-17-7-2-1-6-16(17)20)18-13(11-22)4-3-5-14(15)18/h1-9,11,21H,10,20H2. The summed E-state index contributed by atoms with van der Waals surface area (Å²) in [4.78, 5) is 11.4. The van der Waals surface area contributed by atoms with E-state index in [4.69, 9.17) is 5.73 Å². The molecular weight excluding hydrogens is 340 g/mol. The van der Waals surface area contributed by atoms with Crippen molar-refractivity contribution in [2.75, 3.05) is 11.1 Å². The van der Waals surface area contributed by atoms with Gasteiger partial charge in [-0.1, -0.05) is 52.3 Å². The largest absolute Gasteiger partial charge is 0.397 e. The zero-order chi connectivity index (χ0) is 15.5. The zero-order valence-corrected chi connectivity index (χ0v) is 13.4. The van der Waals surface area contributed by atoms with Gasteiger partial charge in [-0.25, -0.2) is 0 Å². The summed E-state index contributed by atoms with van der Waals surface area (Å²) >= 11 is 3.55. The Morgan fingerprint density at radius 3 is 2.64 bits per heavy atom. The molecule has 0 saturated heterocycles. The highest BCUT2D eigenvalue weighted by atomic mass is 79.9. The van der Waals surface area contributed by atoms with Gasteiger partial charge in [0, 0.05) is 16.6 Å². The van der Waals surface area contributed by atoms with Gasteiger partial charge in [0.1, 0.15) is 0 Å². The number of benzene rings is 3. The van der Waals surface area contributed by atoms with E-state index in [9.17, 15) is 4.79 Å². The first kappa shape index (κ1) is 14.6. The number of hydrogen-bond donors (Lipinski definition) is 2. The molecule has 0 unspecified atom stereocenters. The predicted octanol–water partition coefficient (Wildman–Crippen LogP) is 4.61. The minimum Gasteiger partial charge on any atom is -0.397 e. The molecule has 22 heavy (non-hydrogen) atoms. The lowest BCUT2D eigenvalue weighted by molar-refractivity contribution is 0.112. The van der Waals surface area contributed by atoms with Crippen molar-refractivity contribution < 1.29 is 4.79 Å². The first-order valence-corrected chi connectivity index (χ1v) is 7.73. The van der Waals surface area contributed by atoms with Crippen molar-refractivity contribution in [2.45, 2.75) is 6.54 Å². The van der Waals surface area contributed by atoms with Crippen molar-refractivity contribution >= 4 is 44.4 Å². The molecule has 0 aromatic heterocycles. The van der Waals surface area contributed by atoms with Crippen LogP contribution in [-0.4, -0.2) is 6.29 Å². The third-order valence-corrected chi connectivity index (χ3v) is 4.35. The predicted molar refractivity (Wildman–Crippen MR) is 95.2 cm³/mol. The average molecular weight is 355 g/mol. The number of nitrogen functional groups attached to an aromatic ring is 1. The number of anilines is 2. The van der Waals surface area contributed by atoms with Gasteiger partial charge in [0.2, 0.25) is 0 Å². The van der Waals surface area contributed by atoms with Gasteiger partial charge in [0.15, 0.2) is 6.29 Å². The van der Waals surface area contributed by atoms with Gasteiger partial charge < -0.3 is 11.1 Å². The Hall–Kier alpha value is -2.33. The van der Waals surface area contributed by atoms with E-state index in [0.29, 0.717) is 17.8 Å². The molecule has 3 nitrogen and oxygen atoms in total. The molecule has 0 spiro atoms. The van der Waals surface area contributed by atoms with Crippen LogP contribution >= 0.6 is 15.9 Å². The van der Waals surface area contributed by atoms with Crippen LogP contribution in [0.3, 0.4) is 0 Å². The van der Waals surface area contributed by atoms with E-state index in [0.717, 1.165) is 32.8 Å². The molecule has 3 aromatic carbocycles. The van der Waals surface area contributed by atoms with Crippen LogP contribution in [0.2, 0.25) is 0 Å². The number of carbonyl (C=O) groups excluding carboxylic acids is 1. The van der Waals surface area contributed by atoms with E-state index < -0.39 is 0 Å². The highest BCUT2D eigenvalue weighted by Crippen LogP contribution is 2.30. The first-order chi connectivity index (χ1) is 10.7. The molecule has 0 bridgehead atoms. The smallest absolute Gasteiger partial charge is 0.150 e. The number of nitrogens with two attached hydrogens (primary N) is 1. The van der Waals surface area contributed by atoms with Crippen LogP contribution in [-0.2, 0) is 6.54 Å². The molecule has 3 rings (SSSR count). The normalized spacial score (nSPS) is 10.6. The Balaban J connectivity index is 2.02. The number of halogens is 1. The van der Waals surface area contributed by atoms with Gasteiger partial charge >= 0.3 is 0 Å². The van der Waals surface area contributed by atoms with Gasteiger partial charge in [0.05, 0.1) is 11.4 Å². The van der Waals surface area contributed by atoms with Crippen LogP contribution in [0.25, 0.3) is 10.8 Å². The topological polar surface area (TPSA) is 55.1 Å². The number of fused-ring (bicyclic) bond motifs is 1. The lowest BCUT2D eigenvalue weighted by Gasteiger charge is -2.13. The highest BCUT2D eigenvalue weighted by molar-refractivity contribution is 9.10. The molecule has 0 fully saturated rings. The number of para-hydroxylation sites is 2. The van der Waals surface area contributed by atoms with Crippen LogP contribution in [0.1, 0.15) is 15.9 Å². The van der Waals surface area contributed by atoms with Gasteiger partial charge in [-0.3, -0.25) is 4.79 Å². The minimum atomic E-state index is 0.600. The minimum absolute atomic E-state index is 0.600. The summed E-state index contributed by atoms with van der Waals surface area (Å²) in [6.45, 7) is 0.600. The number of aldehydes is 1. The number of carbonyl (C=O) groups is 1. The number of hydrogen-bond acceptors (Lipinski definition) is 3. The van der Waals surface area contributed by atoms with E-state index in [1.165, 1.54) is 0 Å². The zero-order valence-electron chi connectivity index (χ0n) is 11.8. The second-order valence-corrected chi connectivity index (χ2v) is 5.89. The van der Waals surface area contributed by atoms with E-state index in [1.807, 2.05) is 54.6 Å². The second-order valence-electron chi connectivity index (χ2n) is 5.03. The fourth-order valence-electron chi connectivity index (χ4n) is 2.57. The number of nitrogens with one attached hydrogen (secondary N) is 1. The van der Waals surface area contributed by atoms with Crippen LogP contribution in [0.5, 0.6) is 0 Å². The summed E-state index contributed by atoms with van der Waals surface area (Å²) in [5.74, 6) is 0. The Morgan fingerprint density at radius 1 is 1.05 bits per heavy atom. The molecule has 110 valence electrons. The third kappa shape index (κ3) is 2.70. The van der Waals surface area contributed by atoms with Crippen molar-refractivity contribution in [1.82, 2.24) is 0 Å². The maximum atomic E-state index is 11.4. The quantitative estimate of drug-likeness (QED) is 0.531.